The number of guanidine groups is 1. The third kappa shape index (κ3) is 3.61. The van der Waals surface area contributed by atoms with Crippen LogP contribution in [-0.4, -0.2) is 43.8 Å². The van der Waals surface area contributed by atoms with Gasteiger partial charge in [0, 0.05) is 19.5 Å². The molecule has 5 nitrogen and oxygen atoms in total. The molecule has 25 heavy (non-hydrogen) atoms. The minimum Gasteiger partial charge on any atom is -0.493 e. The van der Waals surface area contributed by atoms with Crippen LogP contribution in [0.3, 0.4) is 0 Å². The van der Waals surface area contributed by atoms with E-state index in [2.05, 4.69) is 52.4 Å². The second kappa shape index (κ2) is 7.15. The van der Waals surface area contributed by atoms with Crippen molar-refractivity contribution in [3.8, 4) is 16.9 Å². The molecule has 2 aliphatic heterocycles. The summed E-state index contributed by atoms with van der Waals surface area (Å²) in [5.74, 6) is 1.62. The molecule has 2 N–H and O–H groups in total. The Labute approximate surface area is 148 Å². The number of fused-ring (bicyclic) bond motifs is 1. The van der Waals surface area contributed by atoms with E-state index in [1.54, 1.807) is 0 Å². The lowest BCUT2D eigenvalue weighted by molar-refractivity contribution is 0.0674. The third-order valence-electron chi connectivity index (χ3n) is 4.74. The maximum absolute atomic E-state index is 6.08. The molecule has 2 aromatic rings. The van der Waals surface area contributed by atoms with Gasteiger partial charge in [-0.05, 0) is 34.4 Å². The molecule has 0 radical (unpaired) electrons. The van der Waals surface area contributed by atoms with Gasteiger partial charge in [0.1, 0.15) is 5.75 Å². The molecule has 0 atom stereocenters. The first-order chi connectivity index (χ1) is 12.3. The summed E-state index contributed by atoms with van der Waals surface area (Å²) in [4.78, 5) is 6.59. The van der Waals surface area contributed by atoms with Gasteiger partial charge in [-0.25, -0.2) is 4.99 Å². The minimum atomic E-state index is 0.599. The summed E-state index contributed by atoms with van der Waals surface area (Å²) in [5, 5.41) is 0. The first-order valence-corrected chi connectivity index (χ1v) is 8.77. The summed E-state index contributed by atoms with van der Waals surface area (Å²) >= 11 is 0. The average molecular weight is 337 g/mol. The fraction of sp³-hybridized carbons (Fsp3) is 0.350. The van der Waals surface area contributed by atoms with Crippen molar-refractivity contribution in [2.75, 3.05) is 32.9 Å². The highest BCUT2D eigenvalue weighted by molar-refractivity contribution is 5.78. The standard InChI is InChI=1S/C20H23N3O2/c21-20(23-8-11-24-12-9-23)22-14-15-1-3-16(4-2-15)17-5-6-19-18(13-17)7-10-25-19/h1-6,13H,7-12,14H2,(H2,21,22). The molecule has 5 heteroatoms. The van der Waals surface area contributed by atoms with Gasteiger partial charge in [-0.15, -0.1) is 0 Å². The summed E-state index contributed by atoms with van der Waals surface area (Å²) in [7, 11) is 0. The van der Waals surface area contributed by atoms with Crippen LogP contribution < -0.4 is 10.5 Å². The van der Waals surface area contributed by atoms with E-state index in [0.717, 1.165) is 50.6 Å². The van der Waals surface area contributed by atoms with Crippen LogP contribution in [0.25, 0.3) is 11.1 Å². The number of benzene rings is 2. The van der Waals surface area contributed by atoms with Gasteiger partial charge in [-0.2, -0.15) is 0 Å². The van der Waals surface area contributed by atoms with E-state index in [4.69, 9.17) is 15.2 Å². The zero-order valence-corrected chi connectivity index (χ0v) is 14.3. The average Bonchev–Trinajstić information content (AvgIpc) is 3.15. The molecule has 0 aliphatic carbocycles. The van der Waals surface area contributed by atoms with Crippen LogP contribution in [0.4, 0.5) is 0 Å². The van der Waals surface area contributed by atoms with Crippen LogP contribution >= 0.6 is 0 Å². The molecular formula is C20H23N3O2. The fourth-order valence-corrected chi connectivity index (χ4v) is 3.23. The van der Waals surface area contributed by atoms with Crippen molar-refractivity contribution in [1.29, 1.82) is 0 Å². The van der Waals surface area contributed by atoms with Crippen LogP contribution in [0, 0.1) is 0 Å². The third-order valence-corrected chi connectivity index (χ3v) is 4.74. The van der Waals surface area contributed by atoms with E-state index in [9.17, 15) is 0 Å². The van der Waals surface area contributed by atoms with Gasteiger partial charge in [0.2, 0.25) is 0 Å². The molecule has 1 fully saturated rings. The Balaban J connectivity index is 1.43. The predicted molar refractivity (Wildman–Crippen MR) is 98.8 cm³/mol. The lowest BCUT2D eigenvalue weighted by Crippen LogP contribution is -2.44. The number of nitrogens with zero attached hydrogens (tertiary/aromatic N) is 2. The maximum Gasteiger partial charge on any atom is 0.191 e. The zero-order chi connectivity index (χ0) is 17.1. The van der Waals surface area contributed by atoms with Gasteiger partial charge >= 0.3 is 0 Å². The molecular weight excluding hydrogens is 314 g/mol. The van der Waals surface area contributed by atoms with Crippen LogP contribution in [0.1, 0.15) is 11.1 Å². The number of hydrogen-bond acceptors (Lipinski definition) is 3. The molecule has 0 aromatic heterocycles. The molecule has 2 aromatic carbocycles. The summed E-state index contributed by atoms with van der Waals surface area (Å²) < 4.78 is 10.9. The summed E-state index contributed by atoms with van der Waals surface area (Å²) in [6.07, 6.45) is 0.997. The highest BCUT2D eigenvalue weighted by Gasteiger charge is 2.13. The molecule has 0 saturated carbocycles. The second-order valence-electron chi connectivity index (χ2n) is 6.39. The smallest absolute Gasteiger partial charge is 0.191 e. The van der Waals surface area contributed by atoms with Gasteiger partial charge in [0.25, 0.3) is 0 Å². The normalized spacial score (nSPS) is 17.3. The van der Waals surface area contributed by atoms with Gasteiger partial charge in [0.15, 0.2) is 5.96 Å². The number of morpholine rings is 1. The monoisotopic (exact) mass is 337 g/mol. The van der Waals surface area contributed by atoms with E-state index in [1.165, 1.54) is 16.7 Å². The number of hydrogen-bond donors (Lipinski definition) is 1. The van der Waals surface area contributed by atoms with Gasteiger partial charge in [-0.1, -0.05) is 30.3 Å². The van der Waals surface area contributed by atoms with Crippen molar-refractivity contribution in [2.45, 2.75) is 13.0 Å². The van der Waals surface area contributed by atoms with Crippen LogP contribution in [0.5, 0.6) is 5.75 Å². The Morgan fingerprint density at radius 3 is 2.56 bits per heavy atom. The molecule has 2 aliphatic rings. The first-order valence-electron chi connectivity index (χ1n) is 8.77. The van der Waals surface area contributed by atoms with E-state index < -0.39 is 0 Å². The SMILES string of the molecule is NC(=NCc1ccc(-c2ccc3c(c2)CCO3)cc1)N1CCOCC1. The summed E-state index contributed by atoms with van der Waals surface area (Å²) in [6, 6.07) is 14.9. The molecule has 0 unspecified atom stereocenters. The minimum absolute atomic E-state index is 0.599. The number of rotatable bonds is 3. The molecule has 4 rings (SSSR count). The number of ether oxygens (including phenoxy) is 2. The van der Waals surface area contributed by atoms with Crippen LogP contribution in [0.15, 0.2) is 47.5 Å². The molecule has 2 heterocycles. The van der Waals surface area contributed by atoms with Crippen molar-refractivity contribution in [3.63, 3.8) is 0 Å². The molecule has 1 saturated heterocycles. The number of nitrogens with two attached hydrogens (primary N) is 1. The summed E-state index contributed by atoms with van der Waals surface area (Å²) in [5.41, 5.74) is 11.0. The van der Waals surface area contributed by atoms with Crippen LogP contribution in [-0.2, 0) is 17.7 Å². The van der Waals surface area contributed by atoms with Crippen molar-refractivity contribution < 1.29 is 9.47 Å². The van der Waals surface area contributed by atoms with E-state index >= 15 is 0 Å². The fourth-order valence-electron chi connectivity index (χ4n) is 3.23. The van der Waals surface area contributed by atoms with Crippen molar-refractivity contribution in [2.24, 2.45) is 10.7 Å². The molecule has 0 bridgehead atoms. The highest BCUT2D eigenvalue weighted by atomic mass is 16.5. The maximum atomic E-state index is 6.08. The second-order valence-corrected chi connectivity index (χ2v) is 6.39. The van der Waals surface area contributed by atoms with Gasteiger partial charge < -0.3 is 20.1 Å². The van der Waals surface area contributed by atoms with E-state index in [1.807, 2.05) is 0 Å². The molecule has 0 spiro atoms. The topological polar surface area (TPSA) is 60.1 Å². The van der Waals surface area contributed by atoms with E-state index in [0.29, 0.717) is 12.5 Å². The quantitative estimate of drug-likeness (QED) is 0.690. The van der Waals surface area contributed by atoms with Crippen LogP contribution in [0.2, 0.25) is 0 Å². The lowest BCUT2D eigenvalue weighted by Gasteiger charge is -2.27. The van der Waals surface area contributed by atoms with Crippen molar-refractivity contribution in [3.05, 3.63) is 53.6 Å². The first kappa shape index (κ1) is 16.0. The lowest BCUT2D eigenvalue weighted by atomic mass is 10.0. The Kier molecular flexibility index (Phi) is 4.57. The van der Waals surface area contributed by atoms with Crippen molar-refractivity contribution in [1.82, 2.24) is 4.90 Å². The molecule has 130 valence electrons. The number of aliphatic imine (C=N–C) groups is 1. The Morgan fingerprint density at radius 2 is 1.76 bits per heavy atom. The predicted octanol–water partition coefficient (Wildman–Crippen LogP) is 2.44. The summed E-state index contributed by atoms with van der Waals surface area (Å²) in [6.45, 7) is 4.46. The zero-order valence-electron chi connectivity index (χ0n) is 14.3. The highest BCUT2D eigenvalue weighted by Crippen LogP contribution is 2.30. The Hall–Kier alpha value is -2.53. The Bertz CT molecular complexity index is 765. The van der Waals surface area contributed by atoms with Crippen molar-refractivity contribution >= 4 is 5.96 Å². The van der Waals surface area contributed by atoms with E-state index in [-0.39, 0.29) is 0 Å². The molecule has 0 amide bonds. The van der Waals surface area contributed by atoms with Gasteiger partial charge in [0.05, 0.1) is 26.4 Å². The Morgan fingerprint density at radius 1 is 1.00 bits per heavy atom. The van der Waals surface area contributed by atoms with Gasteiger partial charge in [-0.3, -0.25) is 0 Å². The largest absolute Gasteiger partial charge is 0.493 e.